The molecule has 2 aliphatic rings. The summed E-state index contributed by atoms with van der Waals surface area (Å²) in [4.78, 5) is 24.3. The van der Waals surface area contributed by atoms with Crippen molar-refractivity contribution in [1.29, 1.82) is 0 Å². The zero-order chi connectivity index (χ0) is 25.7. The molecule has 2 aliphatic heterocycles. The lowest BCUT2D eigenvalue weighted by atomic mass is 10.0. The molecule has 37 heavy (non-hydrogen) atoms. The molecule has 4 aromatic rings. The van der Waals surface area contributed by atoms with E-state index in [4.69, 9.17) is 5.73 Å². The number of amides is 1. The number of carbonyl (C=O) groups is 1. The molecular weight excluding hydrogens is 486 g/mol. The van der Waals surface area contributed by atoms with Crippen molar-refractivity contribution >= 4 is 32.8 Å². The van der Waals surface area contributed by atoms with E-state index in [1.54, 1.807) is 39.5 Å². The summed E-state index contributed by atoms with van der Waals surface area (Å²) in [6.45, 7) is 3.45. The maximum Gasteiger partial charge on any atom is 0.273 e. The molecule has 1 fully saturated rings. The van der Waals surface area contributed by atoms with Gasteiger partial charge in [0.2, 0.25) is 16.0 Å². The first-order chi connectivity index (χ1) is 17.8. The summed E-state index contributed by atoms with van der Waals surface area (Å²) in [5.74, 6) is -0.217. The molecule has 0 saturated carbocycles. The van der Waals surface area contributed by atoms with Crippen molar-refractivity contribution in [1.82, 2.24) is 19.2 Å². The minimum atomic E-state index is -3.69. The Morgan fingerprint density at radius 1 is 0.973 bits per heavy atom. The highest BCUT2D eigenvalue weighted by molar-refractivity contribution is 7.89. The maximum absolute atomic E-state index is 13.6. The minimum Gasteiger partial charge on any atom is -0.368 e. The van der Waals surface area contributed by atoms with Crippen LogP contribution in [0.5, 0.6) is 0 Å². The number of aromatic nitrogens is 2. The smallest absolute Gasteiger partial charge is 0.273 e. The van der Waals surface area contributed by atoms with Crippen LogP contribution in [-0.2, 0) is 23.1 Å². The van der Waals surface area contributed by atoms with Crippen molar-refractivity contribution in [2.75, 3.05) is 12.3 Å². The fourth-order valence-electron chi connectivity index (χ4n) is 5.42. The number of nitrogens with two attached hydrogens (primary N) is 1. The third-order valence-electron chi connectivity index (χ3n) is 7.32. The highest BCUT2D eigenvalue weighted by Gasteiger charge is 2.34. The molecule has 1 atom stereocenters. The Labute approximate surface area is 215 Å². The van der Waals surface area contributed by atoms with E-state index in [0.717, 1.165) is 24.0 Å². The molecule has 9 heteroatoms. The summed E-state index contributed by atoms with van der Waals surface area (Å²) in [7, 11) is -3.69. The lowest BCUT2D eigenvalue weighted by molar-refractivity contribution is 0.0747. The van der Waals surface area contributed by atoms with Crippen molar-refractivity contribution in [2.24, 2.45) is 0 Å². The van der Waals surface area contributed by atoms with Crippen molar-refractivity contribution in [2.45, 2.75) is 43.8 Å². The molecule has 0 bridgehead atoms. The number of hydrogen-bond acceptors (Lipinski definition) is 6. The van der Waals surface area contributed by atoms with Crippen molar-refractivity contribution < 1.29 is 13.2 Å². The summed E-state index contributed by atoms with van der Waals surface area (Å²) in [5.41, 5.74) is 10.2. The van der Waals surface area contributed by atoms with E-state index in [2.05, 4.69) is 9.97 Å². The molecule has 1 saturated heterocycles. The van der Waals surface area contributed by atoms with Crippen LogP contribution in [0, 0.1) is 0 Å². The van der Waals surface area contributed by atoms with E-state index < -0.39 is 10.0 Å². The van der Waals surface area contributed by atoms with Crippen LogP contribution in [0.15, 0.2) is 71.6 Å². The summed E-state index contributed by atoms with van der Waals surface area (Å²) in [6.07, 6.45) is 1.70. The topological polar surface area (TPSA) is 109 Å². The number of sulfonamides is 1. The number of carbonyl (C=O) groups excluding carboxylic acids is 1. The standard InChI is InChI=1S/C28H27N5O3S/c1-18-7-6-14-33(18)37(35,36)25-11-5-4-10-22(25)19-12-13-24-23(15-19)26(31-28(29)30-24)27(34)32-16-20-8-2-3-9-21(20)17-32/h2-5,8-13,15,18H,6-7,14,16-17H2,1H3,(H2,29,30,31). The molecule has 0 radical (unpaired) electrons. The second-order valence-electron chi connectivity index (χ2n) is 9.70. The Bertz CT molecular complexity index is 1630. The normalized spacial score (nSPS) is 17.9. The van der Waals surface area contributed by atoms with Crippen LogP contribution >= 0.6 is 0 Å². The number of nitrogen functional groups attached to an aromatic ring is 1. The van der Waals surface area contributed by atoms with Gasteiger partial charge in [-0.15, -0.1) is 0 Å². The van der Waals surface area contributed by atoms with Crippen LogP contribution < -0.4 is 5.73 Å². The summed E-state index contributed by atoms with van der Waals surface area (Å²) < 4.78 is 28.8. The van der Waals surface area contributed by atoms with Gasteiger partial charge >= 0.3 is 0 Å². The molecule has 6 rings (SSSR count). The van der Waals surface area contributed by atoms with Gasteiger partial charge in [-0.3, -0.25) is 4.79 Å². The first-order valence-corrected chi connectivity index (χ1v) is 13.8. The number of fused-ring (bicyclic) bond motifs is 2. The van der Waals surface area contributed by atoms with Gasteiger partial charge < -0.3 is 10.6 Å². The Kier molecular flexibility index (Phi) is 5.69. The Balaban J connectivity index is 1.44. The predicted octanol–water partition coefficient (Wildman–Crippen LogP) is 4.21. The molecule has 0 aliphatic carbocycles. The zero-order valence-electron chi connectivity index (χ0n) is 20.5. The summed E-state index contributed by atoms with van der Waals surface area (Å²) in [6, 6.07) is 20.3. The van der Waals surface area contributed by atoms with Crippen LogP contribution in [0.2, 0.25) is 0 Å². The number of benzene rings is 3. The first-order valence-electron chi connectivity index (χ1n) is 12.4. The van der Waals surface area contributed by atoms with Gasteiger partial charge in [-0.2, -0.15) is 4.31 Å². The number of rotatable bonds is 4. The van der Waals surface area contributed by atoms with Gasteiger partial charge in [0, 0.05) is 36.6 Å². The van der Waals surface area contributed by atoms with E-state index >= 15 is 0 Å². The Hall–Kier alpha value is -3.82. The van der Waals surface area contributed by atoms with E-state index in [9.17, 15) is 13.2 Å². The second-order valence-corrected chi connectivity index (χ2v) is 11.6. The third-order valence-corrected chi connectivity index (χ3v) is 9.39. The van der Waals surface area contributed by atoms with Gasteiger partial charge in [-0.1, -0.05) is 48.5 Å². The summed E-state index contributed by atoms with van der Waals surface area (Å²) >= 11 is 0. The molecular formula is C28H27N5O3S. The van der Waals surface area contributed by atoms with Crippen molar-refractivity contribution in [3.8, 4) is 11.1 Å². The number of hydrogen-bond donors (Lipinski definition) is 1. The fraction of sp³-hybridized carbons (Fsp3) is 0.250. The second kappa shape index (κ2) is 8.93. The minimum absolute atomic E-state index is 0.0197. The highest BCUT2D eigenvalue weighted by Crippen LogP contribution is 2.35. The Morgan fingerprint density at radius 3 is 2.38 bits per heavy atom. The largest absolute Gasteiger partial charge is 0.368 e. The van der Waals surface area contributed by atoms with Gasteiger partial charge in [-0.25, -0.2) is 18.4 Å². The molecule has 3 heterocycles. The van der Waals surface area contributed by atoms with Gasteiger partial charge in [0.05, 0.1) is 10.4 Å². The molecule has 2 N–H and O–H groups in total. The molecule has 188 valence electrons. The van der Waals surface area contributed by atoms with Crippen LogP contribution in [-0.4, -0.2) is 46.1 Å². The maximum atomic E-state index is 13.6. The third kappa shape index (κ3) is 4.04. The fourth-order valence-corrected chi connectivity index (χ4v) is 7.34. The van der Waals surface area contributed by atoms with Crippen LogP contribution in [0.4, 0.5) is 5.95 Å². The first kappa shape index (κ1) is 23.6. The van der Waals surface area contributed by atoms with Gasteiger partial charge in [-0.05, 0) is 54.7 Å². The average Bonchev–Trinajstić information content (AvgIpc) is 3.54. The SMILES string of the molecule is CC1CCCN1S(=O)(=O)c1ccccc1-c1ccc2nc(N)nc(C(=O)N3Cc4ccccc4C3)c2c1. The average molecular weight is 514 g/mol. The van der Waals surface area contributed by atoms with E-state index in [-0.39, 0.29) is 28.5 Å². The van der Waals surface area contributed by atoms with Gasteiger partial charge in [0.1, 0.15) is 5.69 Å². The van der Waals surface area contributed by atoms with Crippen LogP contribution in [0.3, 0.4) is 0 Å². The zero-order valence-corrected chi connectivity index (χ0v) is 21.3. The van der Waals surface area contributed by atoms with Crippen molar-refractivity contribution in [3.63, 3.8) is 0 Å². The molecule has 1 aromatic heterocycles. The lowest BCUT2D eigenvalue weighted by Crippen LogP contribution is -2.33. The molecule has 3 aromatic carbocycles. The molecule has 8 nitrogen and oxygen atoms in total. The molecule has 1 amide bonds. The van der Waals surface area contributed by atoms with Crippen LogP contribution in [0.25, 0.3) is 22.0 Å². The van der Waals surface area contributed by atoms with Crippen LogP contribution in [0.1, 0.15) is 41.4 Å². The Morgan fingerprint density at radius 2 is 1.68 bits per heavy atom. The lowest BCUT2D eigenvalue weighted by Gasteiger charge is -2.22. The monoisotopic (exact) mass is 513 g/mol. The van der Waals surface area contributed by atoms with E-state index in [1.807, 2.05) is 43.3 Å². The van der Waals surface area contributed by atoms with E-state index in [0.29, 0.717) is 41.7 Å². The van der Waals surface area contributed by atoms with E-state index in [1.165, 1.54) is 0 Å². The van der Waals surface area contributed by atoms with Gasteiger partial charge in [0.15, 0.2) is 0 Å². The molecule has 1 unspecified atom stereocenters. The number of nitrogens with zero attached hydrogens (tertiary/aromatic N) is 4. The predicted molar refractivity (Wildman–Crippen MR) is 142 cm³/mol. The highest BCUT2D eigenvalue weighted by atomic mass is 32.2. The van der Waals surface area contributed by atoms with Gasteiger partial charge in [0.25, 0.3) is 5.91 Å². The summed E-state index contributed by atoms with van der Waals surface area (Å²) in [5, 5.41) is 0.536. The number of anilines is 1. The quantitative estimate of drug-likeness (QED) is 0.438. The van der Waals surface area contributed by atoms with Crippen molar-refractivity contribution in [3.05, 3.63) is 83.6 Å². The molecule has 0 spiro atoms.